The van der Waals surface area contributed by atoms with E-state index in [1.54, 1.807) is 41.5 Å². The van der Waals surface area contributed by atoms with Gasteiger partial charge in [-0.05, 0) is 122 Å². The lowest BCUT2D eigenvalue weighted by molar-refractivity contribution is -0.143. The van der Waals surface area contributed by atoms with Crippen molar-refractivity contribution in [1.82, 2.24) is 41.7 Å². The number of Topliss-reactive ketones (excluding diaryl/α,β-unsaturated/α-hetero) is 2. The van der Waals surface area contributed by atoms with Crippen LogP contribution < -0.4 is 37.6 Å². The molecule has 0 aliphatic heterocycles. The van der Waals surface area contributed by atoms with Crippen LogP contribution in [0.5, 0.6) is 0 Å². The van der Waals surface area contributed by atoms with Crippen molar-refractivity contribution in [2.75, 3.05) is 98.4 Å². The molecule has 558 valence electrons. The summed E-state index contributed by atoms with van der Waals surface area (Å²) in [6.07, 6.45) is -3.12. The van der Waals surface area contributed by atoms with E-state index in [1.807, 2.05) is 97.1 Å². The number of benzene rings is 6. The second-order valence-corrected chi connectivity index (χ2v) is 25.7. The maximum absolute atomic E-state index is 12.5. The van der Waals surface area contributed by atoms with Gasteiger partial charge in [0.05, 0.1) is 19.6 Å². The first-order valence-corrected chi connectivity index (χ1v) is 39.6. The quantitative estimate of drug-likeness (QED) is 0.0138. The minimum atomic E-state index is -1.15. The zero-order chi connectivity index (χ0) is 76.5. The van der Waals surface area contributed by atoms with Crippen LogP contribution in [0.1, 0.15) is 107 Å². The molecule has 27 nitrogen and oxygen atoms in total. The number of hydrogen-bond donors (Lipinski definition) is 9. The fourth-order valence-corrected chi connectivity index (χ4v) is 11.2. The molecule has 7 amide bonds. The van der Waals surface area contributed by atoms with Crippen molar-refractivity contribution in [3.8, 4) is 33.4 Å². The molecular formula is C75H91I2N9O18. The number of nitrogens with one attached hydrogen (secondary N) is 6. The lowest BCUT2D eigenvalue weighted by atomic mass is 9.98. The number of amides is 7. The number of ether oxygens (including phenoxy) is 5. The number of aliphatic carboxylic acids is 2. The van der Waals surface area contributed by atoms with E-state index in [2.05, 4.69) is 118 Å². The van der Waals surface area contributed by atoms with Crippen molar-refractivity contribution in [3.05, 3.63) is 179 Å². The van der Waals surface area contributed by atoms with Crippen LogP contribution in [0, 0.1) is 0 Å². The summed E-state index contributed by atoms with van der Waals surface area (Å²) in [5, 5.41) is 32.3. The number of alkyl carbamates (subject to hydrolysis) is 5. The molecule has 0 saturated heterocycles. The van der Waals surface area contributed by atoms with E-state index >= 15 is 0 Å². The number of fused-ring (bicyclic) bond motifs is 9. The van der Waals surface area contributed by atoms with E-state index < -0.39 is 78.5 Å². The van der Waals surface area contributed by atoms with Gasteiger partial charge >= 0.3 is 42.4 Å². The molecule has 0 spiro atoms. The zero-order valence-corrected chi connectivity index (χ0v) is 63.7. The Hall–Kier alpha value is -9.73. The molecule has 0 unspecified atom stereocenters. The van der Waals surface area contributed by atoms with Crippen LogP contribution in [0.3, 0.4) is 0 Å². The number of halogens is 2. The van der Waals surface area contributed by atoms with Gasteiger partial charge in [-0.15, -0.1) is 0 Å². The zero-order valence-electron chi connectivity index (χ0n) is 59.3. The van der Waals surface area contributed by atoms with Gasteiger partial charge in [-0.3, -0.25) is 28.8 Å². The van der Waals surface area contributed by atoms with E-state index in [0.717, 1.165) is 49.4 Å². The van der Waals surface area contributed by atoms with Crippen molar-refractivity contribution < 1.29 is 86.6 Å². The molecule has 0 saturated carbocycles. The Kier molecular flexibility index (Phi) is 34.9. The van der Waals surface area contributed by atoms with Gasteiger partial charge in [-0.1, -0.05) is 146 Å². The van der Waals surface area contributed by atoms with Crippen LogP contribution in [0.4, 0.5) is 24.0 Å². The molecule has 0 radical (unpaired) electrons. The lowest BCUT2D eigenvalue weighted by Crippen LogP contribution is -2.46. The largest absolute Gasteiger partial charge is 0.480 e. The van der Waals surface area contributed by atoms with E-state index in [4.69, 9.17) is 39.6 Å². The maximum atomic E-state index is 12.5. The summed E-state index contributed by atoms with van der Waals surface area (Å²) in [7, 11) is 0. The number of carbonyl (C=O) groups is 11. The average Bonchev–Trinajstić information content (AvgIpc) is 1.64. The smallest absolute Gasteiger partial charge is 0.408 e. The summed E-state index contributed by atoms with van der Waals surface area (Å²) in [5.41, 5.74) is 17.8. The number of rotatable bonds is 26. The first-order chi connectivity index (χ1) is 49.5. The SMILES string of the molecule is CC(=O)CN(CCNC(=O)OCC1c2ccccc2-c2ccccc21)C(=O)CNC(=O)OC(C)(C)C.CC(=O)CNCCNC(=O)OCC1c2ccccc2-c2ccccc21.CC(C)(C)OC(=O)NCC(=O)O.II.NCC(=O)N(CCNC(=O)OCC1c2ccccc2-c2ccccc21)CC(=O)O. The number of ketones is 2. The van der Waals surface area contributed by atoms with Gasteiger partial charge in [-0.25, -0.2) is 24.0 Å². The van der Waals surface area contributed by atoms with Gasteiger partial charge in [0.25, 0.3) is 0 Å². The first-order valence-electron chi connectivity index (χ1n) is 33.3. The highest BCUT2D eigenvalue weighted by Crippen LogP contribution is 2.47. The Morgan fingerprint density at radius 3 is 0.990 bits per heavy atom. The van der Waals surface area contributed by atoms with Gasteiger partial charge in [0.2, 0.25) is 11.8 Å². The predicted octanol–water partition coefficient (Wildman–Crippen LogP) is 9.94. The van der Waals surface area contributed by atoms with Crippen molar-refractivity contribution >= 4 is 103 Å². The highest BCUT2D eigenvalue weighted by Gasteiger charge is 2.32. The normalized spacial score (nSPS) is 11.8. The molecule has 6 aromatic carbocycles. The molecule has 104 heavy (non-hydrogen) atoms. The maximum Gasteiger partial charge on any atom is 0.408 e. The Morgan fingerprint density at radius 1 is 0.394 bits per heavy atom. The third-order valence-electron chi connectivity index (χ3n) is 15.5. The fourth-order valence-electron chi connectivity index (χ4n) is 11.2. The van der Waals surface area contributed by atoms with Crippen LogP contribution in [-0.4, -0.2) is 195 Å². The highest BCUT2D eigenvalue weighted by atomic mass is 128. The summed E-state index contributed by atoms with van der Waals surface area (Å²) in [6, 6.07) is 48.7. The van der Waals surface area contributed by atoms with Gasteiger partial charge in [0.1, 0.15) is 62.2 Å². The molecule has 0 atom stereocenters. The number of hydrogen-bond acceptors (Lipinski definition) is 18. The molecule has 0 heterocycles. The molecule has 0 bridgehead atoms. The van der Waals surface area contributed by atoms with Gasteiger partial charge in [0, 0.05) is 94.3 Å². The fraction of sp³-hybridized carbons (Fsp3) is 0.373. The minimum absolute atomic E-state index is 0.0343. The second kappa shape index (κ2) is 42.8. The number of carboxylic acid groups (broad SMARTS) is 2. The Balaban J connectivity index is 0.000000260. The number of nitrogens with zero attached hydrogens (tertiary/aromatic N) is 2. The molecule has 0 fully saturated rings. The van der Waals surface area contributed by atoms with E-state index in [9.17, 15) is 52.7 Å². The van der Waals surface area contributed by atoms with Crippen molar-refractivity contribution in [2.24, 2.45) is 5.73 Å². The van der Waals surface area contributed by atoms with Crippen LogP contribution >= 0.6 is 37.2 Å². The van der Waals surface area contributed by atoms with E-state index in [0.29, 0.717) is 26.2 Å². The number of carbonyl (C=O) groups excluding carboxylic acids is 9. The second-order valence-electron chi connectivity index (χ2n) is 25.7. The van der Waals surface area contributed by atoms with Crippen molar-refractivity contribution in [1.29, 1.82) is 0 Å². The summed E-state index contributed by atoms with van der Waals surface area (Å²) >= 11 is 4.24. The molecule has 10 N–H and O–H groups in total. The summed E-state index contributed by atoms with van der Waals surface area (Å²) < 4.78 is 26.2. The molecular weight excluding hydrogens is 1570 g/mol. The van der Waals surface area contributed by atoms with Gasteiger partial charge in [0.15, 0.2) is 0 Å². The van der Waals surface area contributed by atoms with Gasteiger partial charge < -0.3 is 81.3 Å². The molecule has 6 aromatic rings. The van der Waals surface area contributed by atoms with Crippen LogP contribution in [-0.2, 0) is 52.5 Å². The van der Waals surface area contributed by atoms with E-state index in [-0.39, 0.29) is 88.3 Å². The highest BCUT2D eigenvalue weighted by molar-refractivity contribution is 15.0. The molecule has 29 heteroatoms. The summed E-state index contributed by atoms with van der Waals surface area (Å²) in [4.78, 5) is 129. The Morgan fingerprint density at radius 2 is 0.702 bits per heavy atom. The van der Waals surface area contributed by atoms with Crippen LogP contribution in [0.2, 0.25) is 0 Å². The predicted molar refractivity (Wildman–Crippen MR) is 407 cm³/mol. The molecule has 0 aromatic heterocycles. The number of carboxylic acids is 2. The third-order valence-corrected chi connectivity index (χ3v) is 15.5. The molecule has 3 aliphatic rings. The average molecular weight is 1660 g/mol. The monoisotopic (exact) mass is 1660 g/mol. The first kappa shape index (κ1) is 84.9. The molecule has 9 rings (SSSR count). The van der Waals surface area contributed by atoms with Gasteiger partial charge in [-0.2, -0.15) is 0 Å². The van der Waals surface area contributed by atoms with E-state index in [1.165, 1.54) is 41.0 Å². The van der Waals surface area contributed by atoms with Crippen molar-refractivity contribution in [3.63, 3.8) is 0 Å². The van der Waals surface area contributed by atoms with Crippen molar-refractivity contribution in [2.45, 2.75) is 84.3 Å². The lowest BCUT2D eigenvalue weighted by Gasteiger charge is -2.23. The minimum Gasteiger partial charge on any atom is -0.480 e. The number of nitrogens with two attached hydrogens (primary N) is 1. The Labute approximate surface area is 628 Å². The Bertz CT molecular complexity index is 3800. The standard InChI is InChI=1S/C27H33N3O6.C21H23N3O5.C20H22N2O3.C7H13NO4.I2/c1-18(31)16-30(24(32)15-29-26(34)36-27(2,3)4)14-13-28-25(33)35-17-23-21-11-7-5-9-19(21)20-10-6-8-12-22(20)23;22-11-19(25)24(12-20(26)27)10-9-23-21(28)29-13-18-16-7-3-1-5-14(16)15-6-2-4-8-17(15)18;1-14(23)12-21-10-11-22-20(24)25-13-19-17-8-4-2-6-15(17)16-7-3-5-9-18(16)19;1-7(2,3)12-6(11)8-4-5(9)10;1-2/h5-12,23H,13-17H2,1-4H3,(H,28,33)(H,29,34);1-8,18H,9-13,22H2,(H,23,28)(H,26,27);2-9,19,21H,10-13H2,1H3,(H,22,24);4H2,1-3H3,(H,8,11)(H,9,10);. The van der Waals surface area contributed by atoms with Crippen LogP contribution in [0.25, 0.3) is 33.4 Å². The third kappa shape index (κ3) is 28.1. The van der Waals surface area contributed by atoms with Crippen LogP contribution in [0.15, 0.2) is 146 Å². The summed E-state index contributed by atoms with van der Waals surface area (Å²) in [5.74, 6) is -3.40. The summed E-state index contributed by atoms with van der Waals surface area (Å²) in [6.45, 7) is 13.7. The topological polar surface area (TPSA) is 379 Å². The molecule has 3 aliphatic carbocycles.